The number of benzene rings is 1. The zero-order valence-electron chi connectivity index (χ0n) is 10.9. The second kappa shape index (κ2) is 5.74. The first-order valence-corrected chi connectivity index (χ1v) is 6.33. The number of aryl methyl sites for hydroxylation is 2. The van der Waals surface area contributed by atoms with E-state index in [1.54, 1.807) is 0 Å². The molecule has 3 nitrogen and oxygen atoms in total. The lowest BCUT2D eigenvalue weighted by Gasteiger charge is -2.15. The number of nitrogens with two attached hydrogens (primary N) is 1. The Morgan fingerprint density at radius 2 is 1.89 bits per heavy atom. The van der Waals surface area contributed by atoms with Crippen LogP contribution in [0.2, 0.25) is 0 Å². The smallest absolute Gasteiger partial charge is 0.0676 e. The fraction of sp³-hybridized carbons (Fsp3) is 0.333. The first kappa shape index (κ1) is 12.7. The molecule has 0 bridgehead atoms. The molecule has 0 fully saturated rings. The van der Waals surface area contributed by atoms with E-state index in [2.05, 4.69) is 35.3 Å². The lowest BCUT2D eigenvalue weighted by Crippen LogP contribution is -2.17. The van der Waals surface area contributed by atoms with E-state index in [4.69, 9.17) is 5.73 Å². The number of hydrogen-bond donors (Lipinski definition) is 1. The highest BCUT2D eigenvalue weighted by atomic mass is 15.1. The monoisotopic (exact) mass is 241 g/mol. The standard InChI is InChI=1S/C15H19N3/c1-3-15-13(9-11(2)17-18-15)14(16)10-12-7-5-4-6-8-12/h4-9,14H,3,10,16H2,1-2H3. The quantitative estimate of drug-likeness (QED) is 0.895. The van der Waals surface area contributed by atoms with Crippen LogP contribution in [0.4, 0.5) is 0 Å². The summed E-state index contributed by atoms with van der Waals surface area (Å²) < 4.78 is 0. The average Bonchev–Trinajstić information content (AvgIpc) is 2.40. The van der Waals surface area contributed by atoms with Crippen LogP contribution in [0.15, 0.2) is 36.4 Å². The van der Waals surface area contributed by atoms with Gasteiger partial charge in [-0.3, -0.25) is 0 Å². The maximum absolute atomic E-state index is 6.30. The molecule has 0 radical (unpaired) electrons. The van der Waals surface area contributed by atoms with Crippen LogP contribution in [0.3, 0.4) is 0 Å². The van der Waals surface area contributed by atoms with Crippen molar-refractivity contribution in [2.75, 3.05) is 0 Å². The first-order chi connectivity index (χ1) is 8.70. The zero-order valence-corrected chi connectivity index (χ0v) is 10.9. The molecule has 0 amide bonds. The number of nitrogens with zero attached hydrogens (tertiary/aromatic N) is 2. The molecule has 1 unspecified atom stereocenters. The van der Waals surface area contributed by atoms with Crippen LogP contribution >= 0.6 is 0 Å². The van der Waals surface area contributed by atoms with Crippen LogP contribution in [-0.4, -0.2) is 10.2 Å². The highest BCUT2D eigenvalue weighted by Crippen LogP contribution is 2.19. The molecule has 0 aliphatic rings. The Morgan fingerprint density at radius 3 is 2.56 bits per heavy atom. The molecule has 18 heavy (non-hydrogen) atoms. The van der Waals surface area contributed by atoms with Crippen molar-refractivity contribution in [3.05, 3.63) is 58.9 Å². The highest BCUT2D eigenvalue weighted by Gasteiger charge is 2.13. The van der Waals surface area contributed by atoms with Gasteiger partial charge in [-0.2, -0.15) is 10.2 Å². The maximum atomic E-state index is 6.30. The summed E-state index contributed by atoms with van der Waals surface area (Å²) in [4.78, 5) is 0. The molecule has 0 saturated carbocycles. The summed E-state index contributed by atoms with van der Waals surface area (Å²) in [6, 6.07) is 12.3. The Balaban J connectivity index is 2.23. The van der Waals surface area contributed by atoms with Gasteiger partial charge in [0, 0.05) is 6.04 Å². The molecule has 0 aliphatic carbocycles. The minimum absolute atomic E-state index is 0.0171. The summed E-state index contributed by atoms with van der Waals surface area (Å²) in [5.74, 6) is 0. The van der Waals surface area contributed by atoms with Crippen molar-refractivity contribution in [3.63, 3.8) is 0 Å². The minimum Gasteiger partial charge on any atom is -0.324 e. The Kier molecular flexibility index (Phi) is 4.05. The molecule has 0 spiro atoms. The molecule has 2 N–H and O–H groups in total. The molecule has 0 saturated heterocycles. The van der Waals surface area contributed by atoms with Gasteiger partial charge in [-0.25, -0.2) is 0 Å². The molecule has 1 heterocycles. The van der Waals surface area contributed by atoms with Crippen LogP contribution in [0.1, 0.15) is 35.5 Å². The second-order valence-corrected chi connectivity index (χ2v) is 4.54. The Bertz CT molecular complexity index is 508. The van der Waals surface area contributed by atoms with E-state index >= 15 is 0 Å². The first-order valence-electron chi connectivity index (χ1n) is 6.33. The van der Waals surface area contributed by atoms with Crippen molar-refractivity contribution in [2.24, 2.45) is 5.73 Å². The van der Waals surface area contributed by atoms with E-state index < -0.39 is 0 Å². The lowest BCUT2D eigenvalue weighted by molar-refractivity contribution is 0.691. The van der Waals surface area contributed by atoms with Gasteiger partial charge < -0.3 is 5.73 Å². The van der Waals surface area contributed by atoms with Crippen LogP contribution < -0.4 is 5.73 Å². The Morgan fingerprint density at radius 1 is 1.17 bits per heavy atom. The van der Waals surface area contributed by atoms with Gasteiger partial charge in [0.15, 0.2) is 0 Å². The van der Waals surface area contributed by atoms with Gasteiger partial charge in [-0.05, 0) is 37.0 Å². The number of aromatic nitrogens is 2. The van der Waals surface area contributed by atoms with Gasteiger partial charge in [-0.1, -0.05) is 37.3 Å². The third kappa shape index (κ3) is 2.93. The molecular weight excluding hydrogens is 222 g/mol. The third-order valence-electron chi connectivity index (χ3n) is 3.06. The minimum atomic E-state index is -0.0171. The van der Waals surface area contributed by atoms with E-state index in [1.807, 2.05) is 25.1 Å². The summed E-state index contributed by atoms with van der Waals surface area (Å²) in [7, 11) is 0. The summed E-state index contributed by atoms with van der Waals surface area (Å²) >= 11 is 0. The van der Waals surface area contributed by atoms with Gasteiger partial charge in [-0.15, -0.1) is 0 Å². The summed E-state index contributed by atoms with van der Waals surface area (Å²) in [5, 5.41) is 8.32. The molecule has 0 aliphatic heterocycles. The van der Waals surface area contributed by atoms with Gasteiger partial charge in [0.2, 0.25) is 0 Å². The maximum Gasteiger partial charge on any atom is 0.0676 e. The van der Waals surface area contributed by atoms with Gasteiger partial charge in [0.1, 0.15) is 0 Å². The zero-order chi connectivity index (χ0) is 13.0. The highest BCUT2D eigenvalue weighted by molar-refractivity contribution is 5.27. The molecule has 94 valence electrons. The van der Waals surface area contributed by atoms with Crippen LogP contribution in [0, 0.1) is 6.92 Å². The second-order valence-electron chi connectivity index (χ2n) is 4.54. The summed E-state index contributed by atoms with van der Waals surface area (Å²) in [5.41, 5.74) is 10.6. The van der Waals surface area contributed by atoms with Crippen molar-refractivity contribution in [2.45, 2.75) is 32.7 Å². The van der Waals surface area contributed by atoms with Crippen LogP contribution in [0.25, 0.3) is 0 Å². The molecule has 2 aromatic rings. The summed E-state index contributed by atoms with van der Waals surface area (Å²) in [6.07, 6.45) is 1.70. The van der Waals surface area contributed by atoms with Crippen LogP contribution in [0.5, 0.6) is 0 Å². The normalized spacial score (nSPS) is 12.4. The van der Waals surface area contributed by atoms with Crippen molar-refractivity contribution < 1.29 is 0 Å². The molecule has 1 aromatic carbocycles. The lowest BCUT2D eigenvalue weighted by atomic mass is 9.97. The van der Waals surface area contributed by atoms with Crippen molar-refractivity contribution >= 4 is 0 Å². The van der Waals surface area contributed by atoms with Gasteiger partial charge in [0.05, 0.1) is 11.4 Å². The topological polar surface area (TPSA) is 51.8 Å². The molecule has 1 aromatic heterocycles. The van der Waals surface area contributed by atoms with Gasteiger partial charge >= 0.3 is 0 Å². The van der Waals surface area contributed by atoms with E-state index in [0.717, 1.165) is 29.8 Å². The molecule has 1 atom stereocenters. The fourth-order valence-electron chi connectivity index (χ4n) is 2.11. The van der Waals surface area contributed by atoms with Crippen molar-refractivity contribution in [1.29, 1.82) is 0 Å². The predicted molar refractivity (Wildman–Crippen MR) is 73.2 cm³/mol. The molecule has 2 rings (SSSR count). The molecular formula is C15H19N3. The number of rotatable bonds is 4. The SMILES string of the molecule is CCc1nnc(C)cc1C(N)Cc1ccccc1. The Labute approximate surface area is 108 Å². The van der Waals surface area contributed by atoms with E-state index in [1.165, 1.54) is 5.56 Å². The third-order valence-corrected chi connectivity index (χ3v) is 3.06. The average molecular weight is 241 g/mol. The summed E-state index contributed by atoms with van der Waals surface area (Å²) in [6.45, 7) is 4.03. The fourth-order valence-corrected chi connectivity index (χ4v) is 2.11. The Hall–Kier alpha value is -1.74. The van der Waals surface area contributed by atoms with Crippen molar-refractivity contribution in [1.82, 2.24) is 10.2 Å². The molecule has 3 heteroatoms. The number of hydrogen-bond acceptors (Lipinski definition) is 3. The van der Waals surface area contributed by atoms with E-state index in [0.29, 0.717) is 0 Å². The van der Waals surface area contributed by atoms with Crippen molar-refractivity contribution in [3.8, 4) is 0 Å². The largest absolute Gasteiger partial charge is 0.324 e. The van der Waals surface area contributed by atoms with Crippen LogP contribution in [-0.2, 0) is 12.8 Å². The van der Waals surface area contributed by atoms with Gasteiger partial charge in [0.25, 0.3) is 0 Å². The van der Waals surface area contributed by atoms with E-state index in [9.17, 15) is 0 Å². The predicted octanol–water partition coefficient (Wildman–Crippen LogP) is 2.59. The van der Waals surface area contributed by atoms with E-state index in [-0.39, 0.29) is 6.04 Å².